The number of hydrogen-bond acceptors (Lipinski definition) is 4. The standard InChI is InChI=1S/C16H24N4O2.ClH/c21-16(7-12-9-22-4-3-17-12)18-15-8-14(19-20-15)13-6-10-1-2-11(13)5-10;/h8,10-13,17H,1-7,9H2,(H2,18,19,20,21);1H. The van der Waals surface area contributed by atoms with Crippen LogP contribution in [-0.2, 0) is 9.53 Å². The quantitative estimate of drug-likeness (QED) is 0.783. The first-order valence-electron chi connectivity index (χ1n) is 8.44. The maximum atomic E-state index is 12.1. The second-order valence-electron chi connectivity index (χ2n) is 6.97. The summed E-state index contributed by atoms with van der Waals surface area (Å²) in [7, 11) is 0. The van der Waals surface area contributed by atoms with E-state index in [1.165, 1.54) is 31.4 Å². The molecule has 0 radical (unpaired) electrons. The van der Waals surface area contributed by atoms with Gasteiger partial charge in [-0.3, -0.25) is 9.89 Å². The number of carbonyl (C=O) groups excluding carboxylic acids is 1. The van der Waals surface area contributed by atoms with Crippen LogP contribution in [0.1, 0.15) is 43.7 Å². The molecule has 1 aromatic heterocycles. The predicted molar refractivity (Wildman–Crippen MR) is 89.9 cm³/mol. The van der Waals surface area contributed by atoms with Gasteiger partial charge in [-0.2, -0.15) is 5.10 Å². The number of hydrogen-bond donors (Lipinski definition) is 3. The van der Waals surface area contributed by atoms with E-state index in [9.17, 15) is 4.79 Å². The van der Waals surface area contributed by atoms with Crippen LogP contribution in [0.4, 0.5) is 5.82 Å². The molecule has 1 aromatic rings. The van der Waals surface area contributed by atoms with E-state index in [4.69, 9.17) is 4.74 Å². The molecule has 1 saturated heterocycles. The molecule has 7 heteroatoms. The second kappa shape index (κ2) is 7.20. The molecule has 1 amide bonds. The Morgan fingerprint density at radius 1 is 1.39 bits per heavy atom. The van der Waals surface area contributed by atoms with E-state index in [2.05, 4.69) is 20.8 Å². The van der Waals surface area contributed by atoms with Gasteiger partial charge < -0.3 is 15.4 Å². The molecule has 2 heterocycles. The van der Waals surface area contributed by atoms with Crippen molar-refractivity contribution in [2.45, 2.75) is 44.1 Å². The van der Waals surface area contributed by atoms with Gasteiger partial charge in [0, 0.05) is 36.7 Å². The highest BCUT2D eigenvalue weighted by atomic mass is 35.5. The van der Waals surface area contributed by atoms with Gasteiger partial charge in [-0.15, -0.1) is 12.4 Å². The maximum Gasteiger partial charge on any atom is 0.227 e. The van der Waals surface area contributed by atoms with Gasteiger partial charge in [-0.05, 0) is 31.1 Å². The van der Waals surface area contributed by atoms with Crippen LogP contribution >= 0.6 is 12.4 Å². The Kier molecular flexibility index (Phi) is 5.24. The number of amides is 1. The number of morpholine rings is 1. The van der Waals surface area contributed by atoms with Crippen LogP contribution in [0, 0.1) is 11.8 Å². The van der Waals surface area contributed by atoms with Crippen LogP contribution in [0.15, 0.2) is 6.07 Å². The zero-order valence-electron chi connectivity index (χ0n) is 13.2. The largest absolute Gasteiger partial charge is 0.378 e. The molecule has 6 nitrogen and oxygen atoms in total. The van der Waals surface area contributed by atoms with Crippen LogP contribution in [-0.4, -0.2) is 41.9 Å². The summed E-state index contributed by atoms with van der Waals surface area (Å²) in [6.45, 7) is 2.14. The monoisotopic (exact) mass is 340 g/mol. The third-order valence-corrected chi connectivity index (χ3v) is 5.43. The Balaban J connectivity index is 0.00000156. The van der Waals surface area contributed by atoms with Crippen molar-refractivity contribution in [3.8, 4) is 0 Å². The van der Waals surface area contributed by atoms with Crippen LogP contribution < -0.4 is 10.6 Å². The zero-order chi connectivity index (χ0) is 14.9. The molecule has 2 bridgehead atoms. The number of anilines is 1. The Morgan fingerprint density at radius 3 is 3.00 bits per heavy atom. The van der Waals surface area contributed by atoms with Crippen LogP contribution in [0.2, 0.25) is 0 Å². The topological polar surface area (TPSA) is 79.0 Å². The highest BCUT2D eigenvalue weighted by molar-refractivity contribution is 5.90. The highest BCUT2D eigenvalue weighted by Crippen LogP contribution is 2.52. The summed E-state index contributed by atoms with van der Waals surface area (Å²) in [5, 5.41) is 13.6. The number of nitrogens with zero attached hydrogens (tertiary/aromatic N) is 1. The zero-order valence-corrected chi connectivity index (χ0v) is 14.0. The first-order chi connectivity index (χ1) is 10.8. The second-order valence-corrected chi connectivity index (χ2v) is 6.97. The minimum absolute atomic E-state index is 0. The van der Waals surface area contributed by atoms with Crippen molar-refractivity contribution in [3.63, 3.8) is 0 Å². The number of ether oxygens (including phenoxy) is 1. The molecule has 23 heavy (non-hydrogen) atoms. The van der Waals surface area contributed by atoms with Crippen molar-refractivity contribution >= 4 is 24.1 Å². The maximum absolute atomic E-state index is 12.1. The average molecular weight is 341 g/mol. The first-order valence-corrected chi connectivity index (χ1v) is 8.44. The first kappa shape index (κ1) is 16.7. The lowest BCUT2D eigenvalue weighted by molar-refractivity contribution is -0.117. The fourth-order valence-corrected chi connectivity index (χ4v) is 4.38. The van der Waals surface area contributed by atoms with Crippen molar-refractivity contribution in [3.05, 3.63) is 11.8 Å². The lowest BCUT2D eigenvalue weighted by atomic mass is 9.86. The van der Waals surface area contributed by atoms with Gasteiger partial charge in [0.05, 0.1) is 13.2 Å². The molecule has 4 rings (SSSR count). The molecule has 2 aliphatic carbocycles. The van der Waals surface area contributed by atoms with E-state index in [0.717, 1.165) is 25.0 Å². The molecule has 0 spiro atoms. The highest BCUT2D eigenvalue weighted by Gasteiger charge is 2.40. The van der Waals surface area contributed by atoms with Crippen LogP contribution in [0.25, 0.3) is 0 Å². The molecule has 128 valence electrons. The molecule has 2 saturated carbocycles. The number of H-pyrrole nitrogens is 1. The Labute approximate surface area is 142 Å². The van der Waals surface area contributed by atoms with E-state index < -0.39 is 0 Å². The summed E-state index contributed by atoms with van der Waals surface area (Å²) >= 11 is 0. The van der Waals surface area contributed by atoms with E-state index >= 15 is 0 Å². The fourth-order valence-electron chi connectivity index (χ4n) is 4.38. The number of aromatic amines is 1. The summed E-state index contributed by atoms with van der Waals surface area (Å²) in [5.41, 5.74) is 1.20. The Hall–Kier alpha value is -1.11. The molecule has 3 N–H and O–H groups in total. The van der Waals surface area contributed by atoms with E-state index in [1.807, 2.05) is 6.07 Å². The number of carbonyl (C=O) groups is 1. The van der Waals surface area contributed by atoms with Crippen molar-refractivity contribution < 1.29 is 9.53 Å². The number of nitrogens with one attached hydrogen (secondary N) is 3. The van der Waals surface area contributed by atoms with Gasteiger partial charge in [-0.25, -0.2) is 0 Å². The van der Waals surface area contributed by atoms with Crippen molar-refractivity contribution in [1.82, 2.24) is 15.5 Å². The van der Waals surface area contributed by atoms with Crippen molar-refractivity contribution in [2.75, 3.05) is 25.1 Å². The van der Waals surface area contributed by atoms with Gasteiger partial charge in [-0.1, -0.05) is 6.42 Å². The van der Waals surface area contributed by atoms with Crippen LogP contribution in [0.3, 0.4) is 0 Å². The Morgan fingerprint density at radius 2 is 2.30 bits per heavy atom. The molecule has 3 aliphatic rings. The van der Waals surface area contributed by atoms with E-state index in [1.54, 1.807) is 0 Å². The van der Waals surface area contributed by atoms with E-state index in [0.29, 0.717) is 24.8 Å². The predicted octanol–water partition coefficient (Wildman–Crippen LogP) is 2.05. The SMILES string of the molecule is Cl.O=C(CC1COCCN1)Nc1cc(C2CC3CCC2C3)[nH]n1. The third-order valence-electron chi connectivity index (χ3n) is 5.43. The van der Waals surface area contributed by atoms with Gasteiger partial charge in [0.25, 0.3) is 0 Å². The molecule has 3 fully saturated rings. The van der Waals surface area contributed by atoms with E-state index in [-0.39, 0.29) is 24.4 Å². The number of rotatable bonds is 4. The molecule has 4 atom stereocenters. The molecule has 1 aliphatic heterocycles. The minimum atomic E-state index is -0.00556. The van der Waals surface area contributed by atoms with Crippen molar-refractivity contribution in [2.24, 2.45) is 11.8 Å². The lowest BCUT2D eigenvalue weighted by Crippen LogP contribution is -2.43. The summed E-state index contributed by atoms with van der Waals surface area (Å²) in [4.78, 5) is 12.1. The molecular formula is C16H25ClN4O2. The Bertz CT molecular complexity index is 544. The lowest BCUT2D eigenvalue weighted by Gasteiger charge is -2.22. The summed E-state index contributed by atoms with van der Waals surface area (Å²) < 4.78 is 5.37. The molecule has 4 unspecified atom stereocenters. The number of aromatic nitrogens is 2. The summed E-state index contributed by atoms with van der Waals surface area (Å²) in [6, 6.07) is 2.13. The molecule has 0 aromatic carbocycles. The smallest absolute Gasteiger partial charge is 0.227 e. The van der Waals surface area contributed by atoms with Gasteiger partial charge in [0.15, 0.2) is 5.82 Å². The number of halogens is 1. The average Bonchev–Trinajstić information content (AvgIpc) is 3.23. The fraction of sp³-hybridized carbons (Fsp3) is 0.750. The van der Waals surface area contributed by atoms with Gasteiger partial charge >= 0.3 is 0 Å². The third kappa shape index (κ3) is 3.70. The number of fused-ring (bicyclic) bond motifs is 2. The minimum Gasteiger partial charge on any atom is -0.378 e. The van der Waals surface area contributed by atoms with Crippen molar-refractivity contribution in [1.29, 1.82) is 0 Å². The summed E-state index contributed by atoms with van der Waals surface area (Å²) in [5.74, 6) is 2.99. The molecular weight excluding hydrogens is 316 g/mol. The van der Waals surface area contributed by atoms with Gasteiger partial charge in [0.1, 0.15) is 0 Å². The summed E-state index contributed by atoms with van der Waals surface area (Å²) in [6.07, 6.45) is 5.83. The van der Waals surface area contributed by atoms with Crippen LogP contribution in [0.5, 0.6) is 0 Å². The van der Waals surface area contributed by atoms with Gasteiger partial charge in [0.2, 0.25) is 5.91 Å². The normalized spacial score (nSPS) is 32.5.